The lowest BCUT2D eigenvalue weighted by Gasteiger charge is -2.26. The second-order valence-electron chi connectivity index (χ2n) is 8.65. The summed E-state index contributed by atoms with van der Waals surface area (Å²) in [6.07, 6.45) is 0. The molecular formula is C23H30N2O4S. The molecule has 0 bridgehead atoms. The smallest absolute Gasteiger partial charge is 0.253 e. The molecule has 162 valence electrons. The molecule has 2 aromatic rings. The Balaban J connectivity index is 1.74. The van der Waals surface area contributed by atoms with Crippen LogP contribution in [0.1, 0.15) is 42.3 Å². The van der Waals surface area contributed by atoms with Crippen LogP contribution < -0.4 is 0 Å². The minimum absolute atomic E-state index is 0.0761. The van der Waals surface area contributed by atoms with Gasteiger partial charge in [-0.15, -0.1) is 0 Å². The minimum Gasteiger partial charge on any atom is -0.379 e. The summed E-state index contributed by atoms with van der Waals surface area (Å²) in [7, 11) is -1.91. The molecule has 1 saturated heterocycles. The van der Waals surface area contributed by atoms with Gasteiger partial charge in [0.2, 0.25) is 10.0 Å². The number of morpholine rings is 1. The highest BCUT2D eigenvalue weighted by molar-refractivity contribution is 7.89. The highest BCUT2D eigenvalue weighted by Crippen LogP contribution is 2.23. The minimum atomic E-state index is -3.64. The van der Waals surface area contributed by atoms with Gasteiger partial charge in [0, 0.05) is 32.2 Å². The van der Waals surface area contributed by atoms with Gasteiger partial charge in [-0.2, -0.15) is 4.31 Å². The van der Waals surface area contributed by atoms with Crippen LogP contribution >= 0.6 is 0 Å². The second kappa shape index (κ2) is 8.88. The maximum Gasteiger partial charge on any atom is 0.253 e. The van der Waals surface area contributed by atoms with Gasteiger partial charge in [0.1, 0.15) is 0 Å². The van der Waals surface area contributed by atoms with Crippen LogP contribution in [-0.2, 0) is 26.7 Å². The number of rotatable bonds is 5. The highest BCUT2D eigenvalue weighted by atomic mass is 32.2. The summed E-state index contributed by atoms with van der Waals surface area (Å²) < 4.78 is 32.4. The number of sulfonamides is 1. The quantitative estimate of drug-likeness (QED) is 0.730. The summed E-state index contributed by atoms with van der Waals surface area (Å²) in [5.41, 5.74) is 2.70. The number of benzene rings is 2. The molecule has 2 aromatic carbocycles. The van der Waals surface area contributed by atoms with Gasteiger partial charge < -0.3 is 9.64 Å². The van der Waals surface area contributed by atoms with Crippen LogP contribution in [0.4, 0.5) is 0 Å². The van der Waals surface area contributed by atoms with Crippen LogP contribution in [-0.4, -0.2) is 56.9 Å². The monoisotopic (exact) mass is 430 g/mol. The van der Waals surface area contributed by atoms with Gasteiger partial charge >= 0.3 is 0 Å². The Labute approximate surface area is 179 Å². The van der Waals surface area contributed by atoms with Gasteiger partial charge in [0.15, 0.2) is 0 Å². The van der Waals surface area contributed by atoms with Gasteiger partial charge in [0.25, 0.3) is 5.91 Å². The van der Waals surface area contributed by atoms with Gasteiger partial charge in [-0.1, -0.05) is 51.1 Å². The molecule has 1 heterocycles. The zero-order valence-corrected chi connectivity index (χ0v) is 18.9. The second-order valence-corrected chi connectivity index (χ2v) is 10.6. The van der Waals surface area contributed by atoms with E-state index in [9.17, 15) is 13.2 Å². The summed E-state index contributed by atoms with van der Waals surface area (Å²) >= 11 is 0. The summed E-state index contributed by atoms with van der Waals surface area (Å²) in [6.45, 7) is 8.35. The van der Waals surface area contributed by atoms with Crippen molar-refractivity contribution >= 4 is 15.9 Å². The number of nitrogens with zero attached hydrogens (tertiary/aromatic N) is 2. The van der Waals surface area contributed by atoms with Gasteiger partial charge in [-0.3, -0.25) is 4.79 Å². The number of carbonyl (C=O) groups is 1. The molecule has 7 heteroatoms. The van der Waals surface area contributed by atoms with E-state index < -0.39 is 10.0 Å². The number of amides is 1. The molecule has 0 aromatic heterocycles. The molecule has 0 N–H and O–H groups in total. The van der Waals surface area contributed by atoms with Crippen LogP contribution in [0.25, 0.3) is 0 Å². The summed E-state index contributed by atoms with van der Waals surface area (Å²) in [5.74, 6) is -0.214. The molecule has 3 rings (SSSR count). The maximum absolute atomic E-state index is 12.9. The van der Waals surface area contributed by atoms with E-state index in [1.54, 1.807) is 24.1 Å². The topological polar surface area (TPSA) is 66.9 Å². The molecule has 0 atom stereocenters. The Morgan fingerprint density at radius 2 is 1.70 bits per heavy atom. The first-order valence-corrected chi connectivity index (χ1v) is 11.6. The lowest BCUT2D eigenvalue weighted by molar-refractivity contribution is 0.0730. The Bertz CT molecular complexity index is 989. The van der Waals surface area contributed by atoms with E-state index >= 15 is 0 Å². The maximum atomic E-state index is 12.9. The predicted octanol–water partition coefficient (Wildman–Crippen LogP) is 3.28. The molecule has 0 spiro atoms. The summed E-state index contributed by atoms with van der Waals surface area (Å²) in [6, 6.07) is 14.5. The fourth-order valence-corrected chi connectivity index (χ4v) is 4.86. The highest BCUT2D eigenvalue weighted by Gasteiger charge is 2.27. The van der Waals surface area contributed by atoms with Crippen molar-refractivity contribution in [3.05, 3.63) is 65.2 Å². The standard InChI is InChI=1S/C23H30N2O4S/c1-23(2,3)20-10-8-18(9-11-20)17-24(4)22(26)19-6-5-7-21(16-19)30(27,28)25-12-14-29-15-13-25/h5-11,16H,12-15,17H2,1-4H3. The SMILES string of the molecule is CN(Cc1ccc(C(C)(C)C)cc1)C(=O)c1cccc(S(=O)(=O)N2CCOCC2)c1. The third-order valence-electron chi connectivity index (χ3n) is 5.28. The zero-order valence-electron chi connectivity index (χ0n) is 18.1. The Morgan fingerprint density at radius 3 is 2.30 bits per heavy atom. The third-order valence-corrected chi connectivity index (χ3v) is 7.17. The van der Waals surface area contributed by atoms with E-state index in [2.05, 4.69) is 32.9 Å². The van der Waals surface area contributed by atoms with Crippen LogP contribution in [0, 0.1) is 0 Å². The molecule has 6 nitrogen and oxygen atoms in total. The molecule has 0 saturated carbocycles. The van der Waals surface area contributed by atoms with E-state index in [1.165, 1.54) is 22.0 Å². The Kier molecular flexibility index (Phi) is 6.65. The first-order valence-electron chi connectivity index (χ1n) is 10.1. The van der Waals surface area contributed by atoms with Crippen LogP contribution in [0.5, 0.6) is 0 Å². The van der Waals surface area contributed by atoms with Crippen molar-refractivity contribution in [3.63, 3.8) is 0 Å². The van der Waals surface area contributed by atoms with E-state index in [0.717, 1.165) is 5.56 Å². The zero-order chi connectivity index (χ0) is 21.9. The fourth-order valence-electron chi connectivity index (χ4n) is 3.40. The van der Waals surface area contributed by atoms with E-state index in [0.29, 0.717) is 38.4 Å². The van der Waals surface area contributed by atoms with E-state index in [1.807, 2.05) is 12.1 Å². The third kappa shape index (κ3) is 5.09. The average molecular weight is 431 g/mol. The molecule has 1 aliphatic heterocycles. The lowest BCUT2D eigenvalue weighted by Crippen LogP contribution is -2.40. The van der Waals surface area contributed by atoms with Crippen LogP contribution in [0.2, 0.25) is 0 Å². The van der Waals surface area contributed by atoms with Gasteiger partial charge in [0.05, 0.1) is 18.1 Å². The van der Waals surface area contributed by atoms with Crippen molar-refractivity contribution < 1.29 is 17.9 Å². The number of carbonyl (C=O) groups excluding carboxylic acids is 1. The van der Waals surface area contributed by atoms with Gasteiger partial charge in [-0.25, -0.2) is 8.42 Å². The first kappa shape index (κ1) is 22.5. The molecule has 0 aliphatic carbocycles. The number of ether oxygens (including phenoxy) is 1. The summed E-state index contributed by atoms with van der Waals surface area (Å²) in [4.78, 5) is 14.7. The van der Waals surface area contributed by atoms with Crippen molar-refractivity contribution in [3.8, 4) is 0 Å². The molecule has 30 heavy (non-hydrogen) atoms. The molecule has 1 aliphatic rings. The van der Waals surface area contributed by atoms with Gasteiger partial charge in [-0.05, 0) is 34.7 Å². The lowest BCUT2D eigenvalue weighted by atomic mass is 9.87. The Morgan fingerprint density at radius 1 is 1.07 bits per heavy atom. The van der Waals surface area contributed by atoms with Crippen molar-refractivity contribution in [2.24, 2.45) is 0 Å². The van der Waals surface area contributed by atoms with Crippen LogP contribution in [0.15, 0.2) is 53.4 Å². The molecule has 0 radical (unpaired) electrons. The number of hydrogen-bond acceptors (Lipinski definition) is 4. The molecule has 1 amide bonds. The fraction of sp³-hybridized carbons (Fsp3) is 0.435. The van der Waals surface area contributed by atoms with Crippen molar-refractivity contribution in [2.45, 2.75) is 37.6 Å². The molecule has 1 fully saturated rings. The predicted molar refractivity (Wildman–Crippen MR) is 117 cm³/mol. The first-order chi connectivity index (χ1) is 14.1. The Hall–Kier alpha value is -2.22. The molecular weight excluding hydrogens is 400 g/mol. The molecule has 0 unspecified atom stereocenters. The van der Waals surface area contributed by atoms with Crippen molar-refractivity contribution in [1.82, 2.24) is 9.21 Å². The normalized spacial score (nSPS) is 15.7. The number of hydrogen-bond donors (Lipinski definition) is 0. The summed E-state index contributed by atoms with van der Waals surface area (Å²) in [5, 5.41) is 0. The van der Waals surface area contributed by atoms with E-state index in [-0.39, 0.29) is 16.2 Å². The van der Waals surface area contributed by atoms with Crippen molar-refractivity contribution in [1.29, 1.82) is 0 Å². The van der Waals surface area contributed by atoms with E-state index in [4.69, 9.17) is 4.74 Å². The largest absolute Gasteiger partial charge is 0.379 e. The van der Waals surface area contributed by atoms with Crippen LogP contribution in [0.3, 0.4) is 0 Å². The van der Waals surface area contributed by atoms with Crippen molar-refractivity contribution in [2.75, 3.05) is 33.4 Å². The average Bonchev–Trinajstić information content (AvgIpc) is 2.73.